The van der Waals surface area contributed by atoms with Crippen molar-refractivity contribution in [1.82, 2.24) is 5.32 Å². The summed E-state index contributed by atoms with van der Waals surface area (Å²) in [5, 5.41) is 3.32. The minimum atomic E-state index is -0.0989. The highest BCUT2D eigenvalue weighted by Crippen LogP contribution is 2.11. The van der Waals surface area contributed by atoms with E-state index in [1.54, 1.807) is 0 Å². The van der Waals surface area contributed by atoms with Crippen LogP contribution in [0, 0.1) is 0 Å². The van der Waals surface area contributed by atoms with E-state index in [4.69, 9.17) is 9.47 Å². The molecule has 1 fully saturated rings. The van der Waals surface area contributed by atoms with E-state index in [0.717, 1.165) is 32.5 Å². The van der Waals surface area contributed by atoms with Crippen LogP contribution in [0.5, 0.6) is 0 Å². The Kier molecular flexibility index (Phi) is 7.17. The molecule has 0 bridgehead atoms. The number of hydrogen-bond donors (Lipinski definition) is 1. The van der Waals surface area contributed by atoms with Gasteiger partial charge in [-0.05, 0) is 39.2 Å². The minimum Gasteiger partial charge on any atom is -0.466 e. The fourth-order valence-electron chi connectivity index (χ4n) is 1.82. The standard InChI is InChI=1S/C12H23NO3/c1-2-15-12(14)7-5-8-13-10-11-6-3-4-9-16-11/h11,13H,2-10H2,1H3. The van der Waals surface area contributed by atoms with Gasteiger partial charge < -0.3 is 14.8 Å². The van der Waals surface area contributed by atoms with Crippen molar-refractivity contribution in [2.24, 2.45) is 0 Å². The van der Waals surface area contributed by atoms with Crippen LogP contribution < -0.4 is 5.32 Å². The van der Waals surface area contributed by atoms with E-state index in [1.807, 2.05) is 6.92 Å². The van der Waals surface area contributed by atoms with E-state index in [0.29, 0.717) is 19.1 Å². The quantitative estimate of drug-likeness (QED) is 0.531. The topological polar surface area (TPSA) is 47.6 Å². The summed E-state index contributed by atoms with van der Waals surface area (Å²) in [6, 6.07) is 0. The molecule has 1 heterocycles. The van der Waals surface area contributed by atoms with Crippen molar-refractivity contribution in [3.63, 3.8) is 0 Å². The Morgan fingerprint density at radius 2 is 2.38 bits per heavy atom. The van der Waals surface area contributed by atoms with Gasteiger partial charge in [-0.3, -0.25) is 4.79 Å². The van der Waals surface area contributed by atoms with Crippen LogP contribution in [0.2, 0.25) is 0 Å². The summed E-state index contributed by atoms with van der Waals surface area (Å²) in [5.74, 6) is -0.0989. The second-order valence-corrected chi connectivity index (χ2v) is 4.10. The highest BCUT2D eigenvalue weighted by atomic mass is 16.5. The molecule has 0 aromatic heterocycles. The smallest absolute Gasteiger partial charge is 0.305 e. The zero-order valence-electron chi connectivity index (χ0n) is 10.2. The Morgan fingerprint density at radius 3 is 3.06 bits per heavy atom. The summed E-state index contributed by atoms with van der Waals surface area (Å²) < 4.78 is 10.4. The van der Waals surface area contributed by atoms with E-state index in [1.165, 1.54) is 12.8 Å². The number of esters is 1. The highest BCUT2D eigenvalue weighted by molar-refractivity contribution is 5.69. The van der Waals surface area contributed by atoms with E-state index >= 15 is 0 Å². The van der Waals surface area contributed by atoms with Crippen molar-refractivity contribution in [3.05, 3.63) is 0 Å². The summed E-state index contributed by atoms with van der Waals surface area (Å²) >= 11 is 0. The SMILES string of the molecule is CCOC(=O)CCCNCC1CCCCO1. The van der Waals surface area contributed by atoms with Crippen molar-refractivity contribution in [2.75, 3.05) is 26.3 Å². The van der Waals surface area contributed by atoms with Gasteiger partial charge in [0.25, 0.3) is 0 Å². The second-order valence-electron chi connectivity index (χ2n) is 4.10. The molecular weight excluding hydrogens is 206 g/mol. The second kappa shape index (κ2) is 8.53. The molecule has 94 valence electrons. The lowest BCUT2D eigenvalue weighted by Gasteiger charge is -2.22. The van der Waals surface area contributed by atoms with E-state index < -0.39 is 0 Å². The van der Waals surface area contributed by atoms with Gasteiger partial charge in [-0.25, -0.2) is 0 Å². The maximum Gasteiger partial charge on any atom is 0.305 e. The molecule has 0 aliphatic carbocycles. The van der Waals surface area contributed by atoms with Crippen LogP contribution in [0.25, 0.3) is 0 Å². The Bertz CT molecular complexity index is 191. The monoisotopic (exact) mass is 229 g/mol. The fourth-order valence-corrected chi connectivity index (χ4v) is 1.82. The molecule has 0 spiro atoms. The molecule has 0 saturated carbocycles. The van der Waals surface area contributed by atoms with Gasteiger partial charge >= 0.3 is 5.97 Å². The molecule has 4 heteroatoms. The lowest BCUT2D eigenvalue weighted by atomic mass is 10.1. The first kappa shape index (κ1) is 13.5. The van der Waals surface area contributed by atoms with Gasteiger partial charge in [-0.1, -0.05) is 0 Å². The molecule has 1 unspecified atom stereocenters. The van der Waals surface area contributed by atoms with Crippen LogP contribution in [0.15, 0.2) is 0 Å². The van der Waals surface area contributed by atoms with Crippen LogP contribution in [0.1, 0.15) is 39.0 Å². The minimum absolute atomic E-state index is 0.0989. The molecule has 1 rings (SSSR count). The average Bonchev–Trinajstić information content (AvgIpc) is 2.30. The Hall–Kier alpha value is -0.610. The number of rotatable bonds is 7. The molecule has 0 aromatic rings. The number of carbonyl (C=O) groups is 1. The average molecular weight is 229 g/mol. The van der Waals surface area contributed by atoms with Crippen molar-refractivity contribution in [2.45, 2.75) is 45.1 Å². The molecule has 0 radical (unpaired) electrons. The summed E-state index contributed by atoms with van der Waals surface area (Å²) in [4.78, 5) is 11.0. The number of hydrogen-bond acceptors (Lipinski definition) is 4. The predicted molar refractivity (Wildman–Crippen MR) is 62.3 cm³/mol. The summed E-state index contributed by atoms with van der Waals surface area (Å²) in [6.07, 6.45) is 5.34. The Labute approximate surface area is 97.7 Å². The molecule has 1 aliphatic rings. The zero-order chi connectivity index (χ0) is 11.6. The molecule has 1 saturated heterocycles. The number of nitrogens with one attached hydrogen (secondary N) is 1. The summed E-state index contributed by atoms with van der Waals surface area (Å²) in [7, 11) is 0. The Balaban J connectivity index is 1.89. The number of carbonyl (C=O) groups excluding carboxylic acids is 1. The zero-order valence-corrected chi connectivity index (χ0v) is 10.2. The molecule has 4 nitrogen and oxygen atoms in total. The van der Waals surface area contributed by atoms with Gasteiger partial charge in [0.15, 0.2) is 0 Å². The molecular formula is C12H23NO3. The van der Waals surface area contributed by atoms with E-state index in [2.05, 4.69) is 5.32 Å². The first-order chi connectivity index (χ1) is 7.83. The van der Waals surface area contributed by atoms with Gasteiger partial charge in [0.1, 0.15) is 0 Å². The van der Waals surface area contributed by atoms with Crippen LogP contribution in [-0.4, -0.2) is 38.4 Å². The highest BCUT2D eigenvalue weighted by Gasteiger charge is 2.12. The third-order valence-electron chi connectivity index (χ3n) is 2.69. The maximum absolute atomic E-state index is 11.0. The van der Waals surface area contributed by atoms with Crippen molar-refractivity contribution in [3.8, 4) is 0 Å². The predicted octanol–water partition coefficient (Wildman–Crippen LogP) is 1.49. The Morgan fingerprint density at radius 1 is 1.50 bits per heavy atom. The van der Waals surface area contributed by atoms with E-state index in [9.17, 15) is 4.79 Å². The fraction of sp³-hybridized carbons (Fsp3) is 0.917. The van der Waals surface area contributed by atoms with Gasteiger partial charge in [0, 0.05) is 19.6 Å². The molecule has 16 heavy (non-hydrogen) atoms. The van der Waals surface area contributed by atoms with Gasteiger partial charge in [-0.15, -0.1) is 0 Å². The van der Waals surface area contributed by atoms with Crippen LogP contribution in [0.4, 0.5) is 0 Å². The first-order valence-electron chi connectivity index (χ1n) is 6.31. The van der Waals surface area contributed by atoms with Crippen LogP contribution in [0.3, 0.4) is 0 Å². The lowest BCUT2D eigenvalue weighted by molar-refractivity contribution is -0.143. The third-order valence-corrected chi connectivity index (χ3v) is 2.69. The van der Waals surface area contributed by atoms with Crippen molar-refractivity contribution in [1.29, 1.82) is 0 Å². The van der Waals surface area contributed by atoms with Crippen molar-refractivity contribution >= 4 is 5.97 Å². The summed E-state index contributed by atoms with van der Waals surface area (Å²) in [5.41, 5.74) is 0. The van der Waals surface area contributed by atoms with Crippen LogP contribution >= 0.6 is 0 Å². The molecule has 1 N–H and O–H groups in total. The normalized spacial score (nSPS) is 20.7. The van der Waals surface area contributed by atoms with Gasteiger partial charge in [0.05, 0.1) is 12.7 Å². The first-order valence-corrected chi connectivity index (χ1v) is 6.31. The van der Waals surface area contributed by atoms with E-state index in [-0.39, 0.29) is 5.97 Å². The largest absolute Gasteiger partial charge is 0.466 e. The molecule has 0 aromatic carbocycles. The molecule has 0 amide bonds. The van der Waals surface area contributed by atoms with Crippen LogP contribution in [-0.2, 0) is 14.3 Å². The molecule has 1 atom stereocenters. The van der Waals surface area contributed by atoms with Gasteiger partial charge in [-0.2, -0.15) is 0 Å². The molecule has 1 aliphatic heterocycles. The third kappa shape index (κ3) is 6.08. The lowest BCUT2D eigenvalue weighted by Crippen LogP contribution is -2.32. The summed E-state index contributed by atoms with van der Waals surface area (Å²) in [6.45, 7) is 4.97. The number of ether oxygens (including phenoxy) is 2. The van der Waals surface area contributed by atoms with Gasteiger partial charge in [0.2, 0.25) is 0 Å². The van der Waals surface area contributed by atoms with Crippen molar-refractivity contribution < 1.29 is 14.3 Å². The maximum atomic E-state index is 11.0.